The lowest BCUT2D eigenvalue weighted by Gasteiger charge is -2.19. The highest BCUT2D eigenvalue weighted by atomic mass is 15.3. The normalized spacial score (nSPS) is 22.1. The lowest BCUT2D eigenvalue weighted by atomic mass is 9.95. The fraction of sp³-hybridized carbons (Fsp3) is 0.833. The van der Waals surface area contributed by atoms with Gasteiger partial charge in [0.1, 0.15) is 11.6 Å². The van der Waals surface area contributed by atoms with Crippen LogP contribution in [0.4, 0.5) is 0 Å². The summed E-state index contributed by atoms with van der Waals surface area (Å²) in [5.41, 5.74) is 0.128. The average Bonchev–Trinajstić information content (AvgIpc) is 3.02. The molecule has 1 aromatic heterocycles. The molecule has 1 heterocycles. The van der Waals surface area contributed by atoms with Crippen LogP contribution in [0.2, 0.25) is 0 Å². The summed E-state index contributed by atoms with van der Waals surface area (Å²) in [4.78, 5) is 0. The number of nitrogens with zero attached hydrogens (tertiary/aromatic N) is 3. The van der Waals surface area contributed by atoms with E-state index in [0.717, 1.165) is 0 Å². The Morgan fingerprint density at radius 3 is 2.20 bits per heavy atom. The van der Waals surface area contributed by atoms with Crippen LogP contribution in [-0.2, 0) is 5.41 Å². The second-order valence-corrected chi connectivity index (χ2v) is 6.01. The highest BCUT2D eigenvalue weighted by Crippen LogP contribution is 2.45. The second kappa shape index (κ2) is 2.83. The van der Waals surface area contributed by atoms with Crippen LogP contribution in [0, 0.1) is 0 Å². The minimum Gasteiger partial charge on any atom is -0.311 e. The zero-order valence-electron chi connectivity index (χ0n) is 9.82. The lowest BCUT2D eigenvalue weighted by Crippen LogP contribution is -2.19. The van der Waals surface area contributed by atoms with Crippen molar-refractivity contribution >= 4 is 0 Å². The predicted octanol–water partition coefficient (Wildman–Crippen LogP) is 2.79. The van der Waals surface area contributed by atoms with Gasteiger partial charge in [0.25, 0.3) is 0 Å². The standard InChI is InChI=1S/C12H19N3/c1-12(2,3)11-14-13-10(8-4-5-8)15(11)9-6-7-9/h8-9H,4-7H2,1-3H3. The Morgan fingerprint density at radius 2 is 1.73 bits per heavy atom. The summed E-state index contributed by atoms with van der Waals surface area (Å²) in [7, 11) is 0. The van der Waals surface area contributed by atoms with E-state index in [0.29, 0.717) is 12.0 Å². The van der Waals surface area contributed by atoms with Gasteiger partial charge in [0.05, 0.1) is 0 Å². The van der Waals surface area contributed by atoms with Crippen molar-refractivity contribution in [3.8, 4) is 0 Å². The molecule has 0 aromatic carbocycles. The maximum absolute atomic E-state index is 4.42. The Hall–Kier alpha value is -0.860. The van der Waals surface area contributed by atoms with Crippen molar-refractivity contribution in [1.82, 2.24) is 14.8 Å². The first-order chi connectivity index (χ1) is 7.07. The molecule has 15 heavy (non-hydrogen) atoms. The summed E-state index contributed by atoms with van der Waals surface area (Å²) < 4.78 is 2.44. The Bertz CT molecular complexity index is 378. The largest absolute Gasteiger partial charge is 0.311 e. The minimum absolute atomic E-state index is 0.128. The second-order valence-electron chi connectivity index (χ2n) is 6.01. The molecule has 3 heteroatoms. The molecule has 0 N–H and O–H groups in total. The Kier molecular flexibility index (Phi) is 1.77. The quantitative estimate of drug-likeness (QED) is 0.743. The molecule has 0 unspecified atom stereocenters. The van der Waals surface area contributed by atoms with Crippen LogP contribution in [-0.4, -0.2) is 14.8 Å². The third kappa shape index (κ3) is 1.58. The van der Waals surface area contributed by atoms with Crippen molar-refractivity contribution in [3.05, 3.63) is 11.6 Å². The highest BCUT2D eigenvalue weighted by molar-refractivity contribution is 5.16. The molecule has 1 aromatic rings. The van der Waals surface area contributed by atoms with Crippen molar-refractivity contribution < 1.29 is 0 Å². The van der Waals surface area contributed by atoms with Crippen LogP contribution >= 0.6 is 0 Å². The molecule has 82 valence electrons. The fourth-order valence-corrected chi connectivity index (χ4v) is 2.13. The Morgan fingerprint density at radius 1 is 1.07 bits per heavy atom. The minimum atomic E-state index is 0.128. The van der Waals surface area contributed by atoms with Gasteiger partial charge in [0.15, 0.2) is 0 Å². The molecule has 0 radical (unpaired) electrons. The molecule has 0 atom stereocenters. The number of aromatic nitrogens is 3. The van der Waals surface area contributed by atoms with Gasteiger partial charge in [-0.15, -0.1) is 10.2 Å². The van der Waals surface area contributed by atoms with E-state index in [1.165, 1.54) is 37.3 Å². The van der Waals surface area contributed by atoms with Gasteiger partial charge in [0.2, 0.25) is 0 Å². The molecule has 0 aliphatic heterocycles. The summed E-state index contributed by atoms with van der Waals surface area (Å²) in [5.74, 6) is 3.17. The highest BCUT2D eigenvalue weighted by Gasteiger charge is 2.38. The maximum Gasteiger partial charge on any atom is 0.138 e. The molecule has 2 saturated carbocycles. The molecule has 3 rings (SSSR count). The van der Waals surface area contributed by atoms with Gasteiger partial charge in [-0.1, -0.05) is 20.8 Å². The third-order valence-corrected chi connectivity index (χ3v) is 3.25. The zero-order chi connectivity index (χ0) is 10.6. The van der Waals surface area contributed by atoms with Crippen LogP contribution in [0.3, 0.4) is 0 Å². The van der Waals surface area contributed by atoms with E-state index in [2.05, 4.69) is 35.5 Å². The molecular weight excluding hydrogens is 186 g/mol. The van der Waals surface area contributed by atoms with Gasteiger partial charge in [-0.2, -0.15) is 0 Å². The summed E-state index contributed by atoms with van der Waals surface area (Å²) in [6.07, 6.45) is 5.27. The first kappa shape index (κ1) is 9.37. The van der Waals surface area contributed by atoms with E-state index in [9.17, 15) is 0 Å². The molecule has 0 amide bonds. The van der Waals surface area contributed by atoms with E-state index in [-0.39, 0.29) is 5.41 Å². The first-order valence-electron chi connectivity index (χ1n) is 6.02. The molecule has 0 spiro atoms. The van der Waals surface area contributed by atoms with Gasteiger partial charge in [0, 0.05) is 17.4 Å². The van der Waals surface area contributed by atoms with Crippen LogP contribution in [0.25, 0.3) is 0 Å². The number of hydrogen-bond acceptors (Lipinski definition) is 2. The fourth-order valence-electron chi connectivity index (χ4n) is 2.13. The van der Waals surface area contributed by atoms with Crippen molar-refractivity contribution in [2.75, 3.05) is 0 Å². The zero-order valence-corrected chi connectivity index (χ0v) is 9.82. The van der Waals surface area contributed by atoms with E-state index < -0.39 is 0 Å². The van der Waals surface area contributed by atoms with Gasteiger partial charge in [-0.25, -0.2) is 0 Å². The summed E-state index contributed by atoms with van der Waals surface area (Å²) >= 11 is 0. The van der Waals surface area contributed by atoms with Gasteiger partial charge >= 0.3 is 0 Å². The predicted molar refractivity (Wildman–Crippen MR) is 59.0 cm³/mol. The number of hydrogen-bond donors (Lipinski definition) is 0. The summed E-state index contributed by atoms with van der Waals surface area (Å²) in [6.45, 7) is 6.69. The maximum atomic E-state index is 4.42. The Balaban J connectivity index is 2.06. The topological polar surface area (TPSA) is 30.7 Å². The SMILES string of the molecule is CC(C)(C)c1nnc(C2CC2)n1C1CC1. The molecule has 0 saturated heterocycles. The summed E-state index contributed by atoms with van der Waals surface area (Å²) in [5, 5.41) is 8.84. The molecular formula is C12H19N3. The monoisotopic (exact) mass is 205 g/mol. The van der Waals surface area contributed by atoms with E-state index in [1.54, 1.807) is 0 Å². The number of rotatable bonds is 2. The van der Waals surface area contributed by atoms with Crippen molar-refractivity contribution in [2.24, 2.45) is 0 Å². The van der Waals surface area contributed by atoms with E-state index >= 15 is 0 Å². The van der Waals surface area contributed by atoms with Crippen LogP contribution < -0.4 is 0 Å². The molecule has 2 aliphatic rings. The molecule has 2 fully saturated rings. The van der Waals surface area contributed by atoms with Gasteiger partial charge < -0.3 is 4.57 Å². The van der Waals surface area contributed by atoms with Crippen LogP contribution in [0.15, 0.2) is 0 Å². The molecule has 3 nitrogen and oxygen atoms in total. The Labute approximate surface area is 90.9 Å². The first-order valence-corrected chi connectivity index (χ1v) is 6.02. The van der Waals surface area contributed by atoms with Gasteiger partial charge in [-0.05, 0) is 25.7 Å². The molecule has 0 bridgehead atoms. The van der Waals surface area contributed by atoms with Crippen molar-refractivity contribution in [3.63, 3.8) is 0 Å². The third-order valence-electron chi connectivity index (χ3n) is 3.25. The smallest absolute Gasteiger partial charge is 0.138 e. The van der Waals surface area contributed by atoms with Crippen LogP contribution in [0.1, 0.15) is 70.1 Å². The average molecular weight is 205 g/mol. The summed E-state index contributed by atoms with van der Waals surface area (Å²) in [6, 6.07) is 0.713. The van der Waals surface area contributed by atoms with Crippen LogP contribution in [0.5, 0.6) is 0 Å². The lowest BCUT2D eigenvalue weighted by molar-refractivity contribution is 0.494. The van der Waals surface area contributed by atoms with Gasteiger partial charge in [-0.3, -0.25) is 0 Å². The van der Waals surface area contributed by atoms with Crippen molar-refractivity contribution in [1.29, 1.82) is 0 Å². The van der Waals surface area contributed by atoms with E-state index in [4.69, 9.17) is 0 Å². The molecule has 2 aliphatic carbocycles. The van der Waals surface area contributed by atoms with Crippen molar-refractivity contribution in [2.45, 2.75) is 63.8 Å². The van der Waals surface area contributed by atoms with E-state index in [1.807, 2.05) is 0 Å².